The Bertz CT molecular complexity index is 338. The van der Waals surface area contributed by atoms with Crippen LogP contribution in [0.25, 0.3) is 0 Å². The van der Waals surface area contributed by atoms with E-state index in [0.29, 0.717) is 6.42 Å². The van der Waals surface area contributed by atoms with E-state index in [2.05, 4.69) is 10.3 Å². The Hall–Kier alpha value is -1.17. The first kappa shape index (κ1) is 12.9. The molecule has 0 fully saturated rings. The van der Waals surface area contributed by atoms with Gasteiger partial charge in [0.15, 0.2) is 0 Å². The Balaban J connectivity index is 2.92. The van der Waals surface area contributed by atoms with Crippen LogP contribution in [0.5, 0.6) is 0 Å². The van der Waals surface area contributed by atoms with E-state index >= 15 is 0 Å². The van der Waals surface area contributed by atoms with Crippen molar-refractivity contribution in [2.24, 2.45) is 0 Å². The van der Waals surface area contributed by atoms with Crippen molar-refractivity contribution in [3.63, 3.8) is 0 Å². The summed E-state index contributed by atoms with van der Waals surface area (Å²) in [6, 6.07) is -1.02. The smallest absolute Gasteiger partial charge is 0.302 e. The molecular weight excluding hydrogens is 224 g/mol. The van der Waals surface area contributed by atoms with Crippen molar-refractivity contribution >= 4 is 0 Å². The summed E-state index contributed by atoms with van der Waals surface area (Å²) in [7, 11) is 0. The van der Waals surface area contributed by atoms with E-state index in [1.54, 1.807) is 6.92 Å². The summed E-state index contributed by atoms with van der Waals surface area (Å²) in [5, 5.41) is 2.32. The van der Waals surface area contributed by atoms with Crippen LogP contribution < -0.4 is 5.32 Å². The number of pyridine rings is 1. The summed E-state index contributed by atoms with van der Waals surface area (Å²) in [4.78, 5) is 3.41. The molecule has 0 radical (unpaired) electrons. The molecule has 1 unspecified atom stereocenters. The zero-order valence-corrected chi connectivity index (χ0v) is 8.68. The fourth-order valence-electron chi connectivity index (χ4n) is 1.30. The molecule has 0 aliphatic heterocycles. The molecule has 0 aliphatic carbocycles. The van der Waals surface area contributed by atoms with Gasteiger partial charge in [-0.05, 0) is 24.6 Å². The van der Waals surface area contributed by atoms with Gasteiger partial charge in [-0.15, -0.1) is 0 Å². The van der Waals surface area contributed by atoms with Crippen molar-refractivity contribution in [3.8, 4) is 0 Å². The first-order valence-corrected chi connectivity index (χ1v) is 4.85. The Kier molecular flexibility index (Phi) is 4.23. The van der Waals surface area contributed by atoms with Crippen LogP contribution in [0.4, 0.5) is 17.6 Å². The highest BCUT2D eigenvalue weighted by molar-refractivity contribution is 5.16. The molecule has 2 nitrogen and oxygen atoms in total. The van der Waals surface area contributed by atoms with E-state index in [-0.39, 0.29) is 12.1 Å². The van der Waals surface area contributed by atoms with Crippen LogP contribution in [0.3, 0.4) is 0 Å². The van der Waals surface area contributed by atoms with Crippen LogP contribution in [0.15, 0.2) is 18.5 Å². The molecule has 0 bridgehead atoms. The lowest BCUT2D eigenvalue weighted by Gasteiger charge is -2.21. The van der Waals surface area contributed by atoms with E-state index in [4.69, 9.17) is 0 Å². The predicted octanol–water partition coefficient (Wildman–Crippen LogP) is 2.82. The van der Waals surface area contributed by atoms with Crippen molar-refractivity contribution in [2.75, 3.05) is 6.54 Å². The average molecular weight is 236 g/mol. The fourth-order valence-corrected chi connectivity index (χ4v) is 1.30. The van der Waals surface area contributed by atoms with Crippen LogP contribution >= 0.6 is 0 Å². The number of nitrogens with one attached hydrogen (secondary N) is 1. The van der Waals surface area contributed by atoms with Gasteiger partial charge < -0.3 is 5.32 Å². The molecule has 90 valence electrons. The maximum atomic E-state index is 12.8. The summed E-state index contributed by atoms with van der Waals surface area (Å²) in [6.45, 7) is 1.96. The van der Waals surface area contributed by atoms with Gasteiger partial charge in [-0.1, -0.05) is 6.92 Å². The fraction of sp³-hybridized carbons (Fsp3) is 0.500. The van der Waals surface area contributed by atoms with Gasteiger partial charge in [0.25, 0.3) is 0 Å². The molecule has 0 saturated carbocycles. The standard InChI is InChI=1S/C10H12F4N2/c1-2-3-16-9(10(12,13)14)7-4-8(11)6-15-5-7/h4-6,9,16H,2-3H2,1H3. The largest absolute Gasteiger partial charge is 0.407 e. The van der Waals surface area contributed by atoms with Crippen LogP contribution in [-0.4, -0.2) is 17.7 Å². The van der Waals surface area contributed by atoms with E-state index in [0.717, 1.165) is 18.5 Å². The highest BCUT2D eigenvalue weighted by Gasteiger charge is 2.40. The van der Waals surface area contributed by atoms with Crippen molar-refractivity contribution in [2.45, 2.75) is 25.6 Å². The lowest BCUT2D eigenvalue weighted by atomic mass is 10.1. The number of hydrogen-bond acceptors (Lipinski definition) is 2. The Morgan fingerprint density at radius 2 is 2.06 bits per heavy atom. The van der Waals surface area contributed by atoms with Gasteiger partial charge in [-0.2, -0.15) is 13.2 Å². The average Bonchev–Trinajstić information content (AvgIpc) is 2.16. The summed E-state index contributed by atoms with van der Waals surface area (Å²) < 4.78 is 50.7. The van der Waals surface area contributed by atoms with Gasteiger partial charge in [0.1, 0.15) is 11.9 Å². The second-order valence-electron chi connectivity index (χ2n) is 3.37. The van der Waals surface area contributed by atoms with Crippen LogP contribution in [0.2, 0.25) is 0 Å². The van der Waals surface area contributed by atoms with Crippen molar-refractivity contribution in [3.05, 3.63) is 29.8 Å². The van der Waals surface area contributed by atoms with E-state index in [1.807, 2.05) is 0 Å². The highest BCUT2D eigenvalue weighted by Crippen LogP contribution is 2.32. The van der Waals surface area contributed by atoms with Crippen molar-refractivity contribution in [1.29, 1.82) is 0 Å². The minimum Gasteiger partial charge on any atom is -0.302 e. The van der Waals surface area contributed by atoms with Gasteiger partial charge in [-0.25, -0.2) is 4.39 Å². The summed E-state index contributed by atoms with van der Waals surface area (Å²) in [6.07, 6.45) is -2.00. The SMILES string of the molecule is CCCNC(c1cncc(F)c1)C(F)(F)F. The maximum Gasteiger partial charge on any atom is 0.407 e. The molecule has 0 aromatic carbocycles. The molecular formula is C10H12F4N2. The molecule has 0 saturated heterocycles. The topological polar surface area (TPSA) is 24.9 Å². The number of hydrogen-bond donors (Lipinski definition) is 1. The molecule has 6 heteroatoms. The first-order chi connectivity index (χ1) is 7.45. The van der Waals surface area contributed by atoms with Crippen LogP contribution in [0.1, 0.15) is 24.9 Å². The van der Waals surface area contributed by atoms with Crippen LogP contribution in [-0.2, 0) is 0 Å². The normalized spacial score (nSPS) is 13.8. The summed E-state index contributed by atoms with van der Waals surface area (Å²) in [5.74, 6) is -0.773. The van der Waals surface area contributed by atoms with Crippen LogP contribution in [0, 0.1) is 5.82 Å². The minimum absolute atomic E-state index is 0.207. The maximum absolute atomic E-state index is 12.8. The lowest BCUT2D eigenvalue weighted by Crippen LogP contribution is -2.34. The van der Waals surface area contributed by atoms with Gasteiger partial charge >= 0.3 is 6.18 Å². The van der Waals surface area contributed by atoms with Gasteiger partial charge in [0, 0.05) is 6.20 Å². The lowest BCUT2D eigenvalue weighted by molar-refractivity contribution is -0.157. The quantitative estimate of drug-likeness (QED) is 0.813. The molecule has 1 heterocycles. The summed E-state index contributed by atoms with van der Waals surface area (Å²) in [5.41, 5.74) is -0.207. The van der Waals surface area contributed by atoms with Crippen molar-refractivity contribution in [1.82, 2.24) is 10.3 Å². The predicted molar refractivity (Wildman–Crippen MR) is 51.3 cm³/mol. The second kappa shape index (κ2) is 5.25. The van der Waals surface area contributed by atoms with E-state index < -0.39 is 18.0 Å². The van der Waals surface area contributed by atoms with Gasteiger partial charge in [0.2, 0.25) is 0 Å². The number of rotatable bonds is 4. The number of aromatic nitrogens is 1. The van der Waals surface area contributed by atoms with E-state index in [9.17, 15) is 17.6 Å². The second-order valence-corrected chi connectivity index (χ2v) is 3.37. The highest BCUT2D eigenvalue weighted by atomic mass is 19.4. The number of halogens is 4. The zero-order chi connectivity index (χ0) is 12.2. The Morgan fingerprint density at radius 1 is 1.38 bits per heavy atom. The number of alkyl halides is 3. The molecule has 1 aromatic heterocycles. The molecule has 0 spiro atoms. The third-order valence-corrected chi connectivity index (χ3v) is 1.99. The van der Waals surface area contributed by atoms with Crippen molar-refractivity contribution < 1.29 is 17.6 Å². The van der Waals surface area contributed by atoms with Gasteiger partial charge in [0.05, 0.1) is 6.20 Å². The molecule has 1 atom stereocenters. The molecule has 1 N–H and O–H groups in total. The number of nitrogens with zero attached hydrogens (tertiary/aromatic N) is 1. The minimum atomic E-state index is -4.45. The summed E-state index contributed by atoms with van der Waals surface area (Å²) >= 11 is 0. The molecule has 1 rings (SSSR count). The first-order valence-electron chi connectivity index (χ1n) is 4.85. The Labute approximate surface area is 90.7 Å². The Morgan fingerprint density at radius 3 is 2.56 bits per heavy atom. The van der Waals surface area contributed by atoms with Gasteiger partial charge in [-0.3, -0.25) is 4.98 Å². The third kappa shape index (κ3) is 3.44. The molecule has 0 aliphatic rings. The molecule has 1 aromatic rings. The third-order valence-electron chi connectivity index (χ3n) is 1.99. The monoisotopic (exact) mass is 236 g/mol. The molecule has 0 amide bonds. The van der Waals surface area contributed by atoms with E-state index in [1.165, 1.54) is 0 Å². The zero-order valence-electron chi connectivity index (χ0n) is 8.68. The molecule has 16 heavy (non-hydrogen) atoms.